The predicted octanol–water partition coefficient (Wildman–Crippen LogP) is 3.14. The minimum Gasteiger partial charge on any atom is -0.323 e. The first kappa shape index (κ1) is 21.5. The van der Waals surface area contributed by atoms with Gasteiger partial charge in [-0.2, -0.15) is 0 Å². The van der Waals surface area contributed by atoms with Gasteiger partial charge in [-0.1, -0.05) is 12.5 Å². The Morgan fingerprint density at radius 2 is 2.00 bits per heavy atom. The van der Waals surface area contributed by atoms with Gasteiger partial charge < -0.3 is 5.32 Å². The summed E-state index contributed by atoms with van der Waals surface area (Å²) in [5, 5.41) is 3.03. The summed E-state index contributed by atoms with van der Waals surface area (Å²) in [7, 11) is 0. The molecule has 2 aromatic rings. The summed E-state index contributed by atoms with van der Waals surface area (Å²) in [6, 6.07) is 6.27. The molecule has 7 heteroatoms. The molecule has 2 aliphatic heterocycles. The van der Waals surface area contributed by atoms with E-state index in [1.165, 1.54) is 43.5 Å². The molecule has 5 rings (SSSR count). The van der Waals surface area contributed by atoms with Crippen LogP contribution in [0.15, 0.2) is 36.8 Å². The standard InChI is InChI=1S/C25H34N6O/c1-17-5-7-21(15-27-17)28-25(32)24-22-12-19(6-8-23(22)29-30-24)20-11-18(13-26-14-20)16-31-9-3-2-4-10-31/h5,7,11,13-15,19,22-24,29-30H,2-4,6,8-10,12,16H2,1H3,(H,28,32). The third-order valence-electron chi connectivity index (χ3n) is 7.36. The molecule has 2 aromatic heterocycles. The van der Waals surface area contributed by atoms with Gasteiger partial charge in [-0.05, 0) is 81.3 Å². The van der Waals surface area contributed by atoms with Gasteiger partial charge in [-0.15, -0.1) is 0 Å². The monoisotopic (exact) mass is 434 g/mol. The zero-order valence-corrected chi connectivity index (χ0v) is 18.9. The second-order valence-corrected chi connectivity index (χ2v) is 9.69. The van der Waals surface area contributed by atoms with Crippen LogP contribution in [-0.2, 0) is 11.3 Å². The molecule has 3 N–H and O–H groups in total. The minimum absolute atomic E-state index is 0.00766. The van der Waals surface area contributed by atoms with Gasteiger partial charge in [-0.25, -0.2) is 5.43 Å². The SMILES string of the molecule is Cc1ccc(NC(=O)C2NNC3CCC(c4cncc(CN5CCCCC5)c4)CC32)cn1. The number of fused-ring (bicyclic) bond motifs is 1. The molecular formula is C25H34N6O. The number of piperidine rings is 1. The maximum Gasteiger partial charge on any atom is 0.243 e. The van der Waals surface area contributed by atoms with Crippen molar-refractivity contribution in [2.45, 2.75) is 70.0 Å². The molecule has 0 bridgehead atoms. The van der Waals surface area contributed by atoms with Crippen LogP contribution in [0.3, 0.4) is 0 Å². The average molecular weight is 435 g/mol. The van der Waals surface area contributed by atoms with Crippen molar-refractivity contribution in [3.8, 4) is 0 Å². The molecule has 4 atom stereocenters. The normalized spacial score (nSPS) is 28.3. The zero-order valence-electron chi connectivity index (χ0n) is 18.9. The van der Waals surface area contributed by atoms with Gasteiger partial charge in [0.05, 0.1) is 11.9 Å². The predicted molar refractivity (Wildman–Crippen MR) is 125 cm³/mol. The molecule has 3 fully saturated rings. The molecule has 2 saturated heterocycles. The van der Waals surface area contributed by atoms with Gasteiger partial charge in [0.1, 0.15) is 6.04 Å². The van der Waals surface area contributed by atoms with Gasteiger partial charge in [0, 0.05) is 36.6 Å². The van der Waals surface area contributed by atoms with Crippen molar-refractivity contribution >= 4 is 11.6 Å². The number of amides is 1. The van der Waals surface area contributed by atoms with Crippen LogP contribution in [0.1, 0.15) is 61.3 Å². The van der Waals surface area contributed by atoms with E-state index in [9.17, 15) is 4.79 Å². The van der Waals surface area contributed by atoms with Crippen LogP contribution < -0.4 is 16.2 Å². The van der Waals surface area contributed by atoms with Crippen LogP contribution in [0.5, 0.6) is 0 Å². The minimum atomic E-state index is -0.242. The summed E-state index contributed by atoms with van der Waals surface area (Å²) in [4.78, 5) is 24.4. The van der Waals surface area contributed by atoms with Crippen molar-refractivity contribution in [2.24, 2.45) is 5.92 Å². The van der Waals surface area contributed by atoms with Crippen molar-refractivity contribution in [3.63, 3.8) is 0 Å². The zero-order chi connectivity index (χ0) is 21.9. The molecule has 1 aliphatic carbocycles. The molecule has 0 spiro atoms. The lowest BCUT2D eigenvalue weighted by atomic mass is 9.73. The van der Waals surface area contributed by atoms with E-state index in [1.54, 1.807) is 6.20 Å². The van der Waals surface area contributed by atoms with E-state index in [1.807, 2.05) is 31.5 Å². The number of rotatable bonds is 5. The van der Waals surface area contributed by atoms with Crippen molar-refractivity contribution in [1.82, 2.24) is 25.7 Å². The molecular weight excluding hydrogens is 400 g/mol. The molecule has 1 saturated carbocycles. The summed E-state index contributed by atoms with van der Waals surface area (Å²) in [6.07, 6.45) is 12.9. The number of pyridine rings is 2. The first-order valence-corrected chi connectivity index (χ1v) is 12.1. The van der Waals surface area contributed by atoms with Crippen LogP contribution in [-0.4, -0.2) is 45.9 Å². The lowest BCUT2D eigenvalue weighted by molar-refractivity contribution is -0.119. The van der Waals surface area contributed by atoms with Crippen molar-refractivity contribution in [1.29, 1.82) is 0 Å². The maximum absolute atomic E-state index is 13.0. The molecule has 7 nitrogen and oxygen atoms in total. The highest BCUT2D eigenvalue weighted by molar-refractivity contribution is 5.95. The third kappa shape index (κ3) is 4.85. The Bertz CT molecular complexity index is 926. The number of carbonyl (C=O) groups is 1. The Hall–Kier alpha value is -2.35. The van der Waals surface area contributed by atoms with Crippen molar-refractivity contribution in [2.75, 3.05) is 18.4 Å². The summed E-state index contributed by atoms with van der Waals surface area (Å²) in [5.41, 5.74) is 11.0. The Morgan fingerprint density at radius 1 is 1.12 bits per heavy atom. The average Bonchev–Trinajstić information content (AvgIpc) is 3.25. The number of anilines is 1. The largest absolute Gasteiger partial charge is 0.323 e. The third-order valence-corrected chi connectivity index (χ3v) is 7.36. The van der Waals surface area contributed by atoms with Gasteiger partial charge in [-0.3, -0.25) is 25.1 Å². The van der Waals surface area contributed by atoms with Gasteiger partial charge in [0.25, 0.3) is 0 Å². The summed E-state index contributed by atoms with van der Waals surface area (Å²) >= 11 is 0. The van der Waals surface area contributed by atoms with E-state index in [4.69, 9.17) is 0 Å². The van der Waals surface area contributed by atoms with Crippen molar-refractivity contribution < 1.29 is 4.79 Å². The number of carbonyl (C=O) groups excluding carboxylic acids is 1. The van der Waals surface area contributed by atoms with E-state index < -0.39 is 0 Å². The molecule has 0 aromatic carbocycles. The summed E-state index contributed by atoms with van der Waals surface area (Å²) in [6.45, 7) is 5.33. The number of likely N-dealkylation sites (tertiary alicyclic amines) is 1. The number of nitrogens with zero attached hydrogens (tertiary/aromatic N) is 3. The van der Waals surface area contributed by atoms with E-state index in [2.05, 4.69) is 37.1 Å². The second kappa shape index (κ2) is 9.65. The summed E-state index contributed by atoms with van der Waals surface area (Å²) < 4.78 is 0. The van der Waals surface area contributed by atoms with E-state index in [0.29, 0.717) is 12.0 Å². The number of aryl methyl sites for hydroxylation is 1. The van der Waals surface area contributed by atoms with Crippen LogP contribution in [0.2, 0.25) is 0 Å². The second-order valence-electron chi connectivity index (χ2n) is 9.69. The fraction of sp³-hybridized carbons (Fsp3) is 0.560. The molecule has 4 heterocycles. The van der Waals surface area contributed by atoms with Gasteiger partial charge in [0.2, 0.25) is 5.91 Å². The van der Waals surface area contributed by atoms with E-state index in [-0.39, 0.29) is 17.9 Å². The van der Waals surface area contributed by atoms with Gasteiger partial charge in [0.15, 0.2) is 0 Å². The lowest BCUT2D eigenvalue weighted by Gasteiger charge is -2.33. The highest BCUT2D eigenvalue weighted by atomic mass is 16.2. The topological polar surface area (TPSA) is 82.2 Å². The smallest absolute Gasteiger partial charge is 0.243 e. The Balaban J connectivity index is 1.24. The van der Waals surface area contributed by atoms with Gasteiger partial charge >= 0.3 is 0 Å². The lowest BCUT2D eigenvalue weighted by Crippen LogP contribution is -2.42. The Labute approximate surface area is 190 Å². The van der Waals surface area contributed by atoms with E-state index >= 15 is 0 Å². The van der Waals surface area contributed by atoms with Crippen molar-refractivity contribution in [3.05, 3.63) is 53.6 Å². The highest BCUT2D eigenvalue weighted by Crippen LogP contribution is 2.39. The van der Waals surface area contributed by atoms with Crippen LogP contribution >= 0.6 is 0 Å². The maximum atomic E-state index is 13.0. The number of nitrogens with one attached hydrogen (secondary N) is 3. The first-order valence-electron chi connectivity index (χ1n) is 12.1. The molecule has 32 heavy (non-hydrogen) atoms. The highest BCUT2D eigenvalue weighted by Gasteiger charge is 2.44. The van der Waals surface area contributed by atoms with Crippen LogP contribution in [0.4, 0.5) is 5.69 Å². The van der Waals surface area contributed by atoms with Crippen LogP contribution in [0, 0.1) is 12.8 Å². The Morgan fingerprint density at radius 3 is 2.81 bits per heavy atom. The van der Waals surface area contributed by atoms with E-state index in [0.717, 1.165) is 37.2 Å². The molecule has 4 unspecified atom stereocenters. The number of hydrogen-bond acceptors (Lipinski definition) is 6. The quantitative estimate of drug-likeness (QED) is 0.671. The molecule has 3 aliphatic rings. The molecule has 170 valence electrons. The van der Waals surface area contributed by atoms with Crippen LogP contribution in [0.25, 0.3) is 0 Å². The Kier molecular flexibility index (Phi) is 6.48. The number of aromatic nitrogens is 2. The number of hydrazine groups is 1. The first-order chi connectivity index (χ1) is 15.7. The molecule has 1 amide bonds. The summed E-state index contributed by atoms with van der Waals surface area (Å²) in [5.74, 6) is 0.717. The fourth-order valence-corrected chi connectivity index (χ4v) is 5.57. The number of hydrogen-bond donors (Lipinski definition) is 3. The fourth-order valence-electron chi connectivity index (χ4n) is 5.57. The molecule has 0 radical (unpaired) electrons.